The molecular formula is C58H126Nd4O12P4. The number of hydrogen-bond donors (Lipinski definition) is 8. The molecule has 0 heterocycles. The maximum atomic E-state index is 10.7. The maximum Gasteiger partial charge on any atom is 0.325 e. The van der Waals surface area contributed by atoms with Crippen molar-refractivity contribution in [1.29, 1.82) is 0 Å². The zero-order valence-electron chi connectivity index (χ0n) is 50.9. The van der Waals surface area contributed by atoms with Crippen molar-refractivity contribution in [3.63, 3.8) is 0 Å². The minimum atomic E-state index is -3.76. The van der Waals surface area contributed by atoms with Gasteiger partial charge in [0, 0.05) is 188 Å². The molecule has 466 valence electrons. The predicted molar refractivity (Wildman–Crippen MR) is 321 cm³/mol. The molecule has 8 N–H and O–H groups in total. The fourth-order valence-electron chi connectivity index (χ4n) is 8.69. The Kier molecular flexibility index (Phi) is 101. The Hall–Kier alpha value is 5.74. The van der Waals surface area contributed by atoms with Crippen LogP contribution in [-0.4, -0.2) is 63.8 Å². The van der Waals surface area contributed by atoms with Crippen molar-refractivity contribution >= 4 is 30.4 Å². The van der Waals surface area contributed by atoms with Gasteiger partial charge in [-0.05, 0) is 51.4 Å². The van der Waals surface area contributed by atoms with Gasteiger partial charge < -0.3 is 39.1 Å². The minimum absolute atomic E-state index is 0. The van der Waals surface area contributed by atoms with Crippen LogP contribution in [0, 0.1) is 163 Å². The summed E-state index contributed by atoms with van der Waals surface area (Å²) >= 11 is 0. The van der Waals surface area contributed by atoms with Crippen LogP contribution < -0.4 is 0 Å². The molecule has 0 aromatic carbocycles. The van der Waals surface area contributed by atoms with Crippen molar-refractivity contribution in [2.75, 3.05) is 24.6 Å². The van der Waals surface area contributed by atoms with E-state index in [4.69, 9.17) is 39.1 Å². The van der Waals surface area contributed by atoms with Crippen LogP contribution in [0.3, 0.4) is 0 Å². The molecule has 0 atom stereocenters. The zero-order valence-corrected chi connectivity index (χ0v) is 67.3. The van der Waals surface area contributed by atoms with E-state index in [9.17, 15) is 18.3 Å². The van der Waals surface area contributed by atoms with Crippen LogP contribution in [0.25, 0.3) is 0 Å². The van der Waals surface area contributed by atoms with Crippen LogP contribution in [0.5, 0.6) is 0 Å². The molecule has 0 rings (SSSR count). The summed E-state index contributed by atoms with van der Waals surface area (Å²) in [7, 11) is -15.0. The van der Waals surface area contributed by atoms with Gasteiger partial charge in [-0.2, -0.15) is 0 Å². The molecule has 12 nitrogen and oxygen atoms in total. The third-order valence-corrected chi connectivity index (χ3v) is 17.0. The molecule has 0 radical (unpaired) electrons. The Morgan fingerprint density at radius 2 is 0.321 bits per heavy atom. The largest absolute Gasteiger partial charge is 0.325 e. The monoisotopic (exact) mass is 1710 g/mol. The van der Waals surface area contributed by atoms with E-state index in [1.54, 1.807) is 0 Å². The van der Waals surface area contributed by atoms with Crippen LogP contribution >= 0.6 is 30.4 Å². The van der Waals surface area contributed by atoms with Gasteiger partial charge in [0.25, 0.3) is 0 Å². The Balaban J connectivity index is -0.000000139. The van der Waals surface area contributed by atoms with Gasteiger partial charge in [0.1, 0.15) is 0 Å². The van der Waals surface area contributed by atoms with E-state index < -0.39 is 30.4 Å². The molecule has 0 fully saturated rings. The van der Waals surface area contributed by atoms with E-state index in [1.165, 1.54) is 231 Å². The summed E-state index contributed by atoms with van der Waals surface area (Å²) in [5, 5.41) is 0. The summed E-state index contributed by atoms with van der Waals surface area (Å²) in [6.45, 7) is 8.94. The SMILES string of the molecule is CCCCCCCC/C=C\CCCCCCCCP(=O)(O)O.CCCCCCCCCCCCCCCCCCP(=O)(O)O.CCCCCCCCCCCCP(=O)(O)O.CCCCCCCCCCP(=O)(O)O.[Nd].[Nd].[Nd].[Nd]. The van der Waals surface area contributed by atoms with Crippen molar-refractivity contribution < 1.29 is 221 Å². The van der Waals surface area contributed by atoms with Gasteiger partial charge in [-0.3, -0.25) is 18.3 Å². The second-order valence-corrected chi connectivity index (χ2v) is 28.6. The quantitative estimate of drug-likeness (QED) is 0.0162. The van der Waals surface area contributed by atoms with E-state index in [2.05, 4.69) is 39.8 Å². The molecular weight excluding hydrogens is 1590 g/mol. The molecule has 0 saturated heterocycles. The normalized spacial score (nSPS) is 11.4. The first-order valence-electron chi connectivity index (χ1n) is 31.1. The summed E-state index contributed by atoms with van der Waals surface area (Å²) in [6, 6.07) is 0. The first-order chi connectivity index (χ1) is 35.2. The van der Waals surface area contributed by atoms with Crippen molar-refractivity contribution in [2.24, 2.45) is 0 Å². The number of hydrogen-bond acceptors (Lipinski definition) is 4. The van der Waals surface area contributed by atoms with Gasteiger partial charge in [-0.15, -0.1) is 0 Å². The molecule has 0 bridgehead atoms. The van der Waals surface area contributed by atoms with Gasteiger partial charge in [0.15, 0.2) is 0 Å². The van der Waals surface area contributed by atoms with Crippen LogP contribution in [0.2, 0.25) is 0 Å². The van der Waals surface area contributed by atoms with Gasteiger partial charge in [-0.25, -0.2) is 0 Å². The number of rotatable bonds is 53. The Morgan fingerprint density at radius 3 is 0.449 bits per heavy atom. The van der Waals surface area contributed by atoms with Crippen LogP contribution in [0.1, 0.15) is 336 Å². The molecule has 0 aromatic rings. The summed E-state index contributed by atoms with van der Waals surface area (Å²) < 4.78 is 42.4. The molecule has 0 saturated carbocycles. The van der Waals surface area contributed by atoms with E-state index in [0.717, 1.165) is 51.4 Å². The fraction of sp³-hybridized carbons (Fsp3) is 0.966. The third-order valence-electron chi connectivity index (χ3n) is 13.4. The average molecular weight is 1720 g/mol. The number of unbranched alkanes of at least 4 members (excludes halogenated alkanes) is 43. The van der Waals surface area contributed by atoms with Gasteiger partial charge >= 0.3 is 30.4 Å². The molecule has 0 aromatic heterocycles. The van der Waals surface area contributed by atoms with Crippen LogP contribution in [-0.2, 0) is 18.3 Å². The van der Waals surface area contributed by atoms with E-state index in [-0.39, 0.29) is 188 Å². The van der Waals surface area contributed by atoms with Crippen molar-refractivity contribution in [3.05, 3.63) is 12.2 Å². The molecule has 0 aliphatic carbocycles. The topological polar surface area (TPSA) is 230 Å². The molecule has 0 aliphatic heterocycles. The van der Waals surface area contributed by atoms with Crippen molar-refractivity contribution in [3.8, 4) is 0 Å². The summed E-state index contributed by atoms with van der Waals surface area (Å²) in [5.41, 5.74) is 0. The summed E-state index contributed by atoms with van der Waals surface area (Å²) in [5.74, 6) is 0. The number of allylic oxidation sites excluding steroid dienone is 2. The average Bonchev–Trinajstić information content (AvgIpc) is 3.32. The van der Waals surface area contributed by atoms with Gasteiger partial charge in [-0.1, -0.05) is 297 Å². The second kappa shape index (κ2) is 78.8. The third kappa shape index (κ3) is 116. The van der Waals surface area contributed by atoms with Gasteiger partial charge in [0.2, 0.25) is 0 Å². The van der Waals surface area contributed by atoms with E-state index in [0.29, 0.717) is 25.7 Å². The van der Waals surface area contributed by atoms with E-state index in [1.807, 2.05) is 0 Å². The van der Waals surface area contributed by atoms with E-state index >= 15 is 0 Å². The second-order valence-electron chi connectivity index (χ2n) is 21.5. The first kappa shape index (κ1) is 99.9. The molecule has 0 unspecified atom stereocenters. The van der Waals surface area contributed by atoms with Crippen molar-refractivity contribution in [1.82, 2.24) is 0 Å². The van der Waals surface area contributed by atoms with Gasteiger partial charge in [0.05, 0.1) is 0 Å². The summed E-state index contributed by atoms with van der Waals surface area (Å²) in [6.07, 6.45) is 63.4. The molecule has 0 spiro atoms. The zero-order chi connectivity index (χ0) is 56.2. The molecule has 0 aliphatic rings. The Morgan fingerprint density at radius 1 is 0.205 bits per heavy atom. The molecule has 0 amide bonds. The molecule has 20 heteroatoms. The fourth-order valence-corrected chi connectivity index (χ4v) is 11.2. The minimum Gasteiger partial charge on any atom is -0.324 e. The Labute approximate surface area is 614 Å². The maximum absolute atomic E-state index is 10.7. The predicted octanol–water partition coefficient (Wildman–Crippen LogP) is 20.0. The molecule has 78 heavy (non-hydrogen) atoms. The van der Waals surface area contributed by atoms with Crippen molar-refractivity contribution in [2.45, 2.75) is 336 Å². The smallest absolute Gasteiger partial charge is 0.324 e. The van der Waals surface area contributed by atoms with Crippen LogP contribution in [0.4, 0.5) is 0 Å². The first-order valence-corrected chi connectivity index (χ1v) is 38.3. The Bertz CT molecular complexity index is 1320. The van der Waals surface area contributed by atoms with Crippen LogP contribution in [0.15, 0.2) is 12.2 Å². The summed E-state index contributed by atoms with van der Waals surface area (Å²) in [4.78, 5) is 69.5. The standard InChI is InChI=1S/C18H39O3P.C18H37O3P.C12H27O3P.C10H23O3P.4Nd/c2*1-2-3-4-5-6-7-8-9-10-11-12-13-14-15-16-17-18-22(19,20)21;1-2-3-4-5-6-7-8-9-10-11-12-16(13,14)15;1-2-3-4-5-6-7-8-9-10-14(11,12)13;;;;/h2-18H2,1H3,(H2,19,20,21);9-10H,2-8,11-18H2,1H3,(H2,19,20,21);2-12H2,1H3,(H2,13,14,15);2-10H2,1H3,(H2,11,12,13);;;;/b;10-9-;;;;;;.